The number of sulfone groups is 1. The van der Waals surface area contributed by atoms with Gasteiger partial charge in [0.2, 0.25) is 0 Å². The number of aromatic nitrogens is 3. The number of anilines is 1. The fourth-order valence-corrected chi connectivity index (χ4v) is 4.32. The lowest BCUT2D eigenvalue weighted by molar-refractivity contribution is 0.247. The number of pyridine rings is 1. The molecule has 0 unspecified atom stereocenters. The van der Waals surface area contributed by atoms with Crippen LogP contribution in [0.25, 0.3) is 5.82 Å². The minimum atomic E-state index is -2.93. The number of hydrogen-bond donors (Lipinski definition) is 2. The summed E-state index contributed by atoms with van der Waals surface area (Å²) in [5.41, 5.74) is 2.46. The lowest BCUT2D eigenvalue weighted by atomic mass is 10.2. The Morgan fingerprint density at radius 2 is 1.96 bits per heavy atom. The van der Waals surface area contributed by atoms with Gasteiger partial charge in [-0.25, -0.2) is 22.9 Å². The summed E-state index contributed by atoms with van der Waals surface area (Å²) in [4.78, 5) is 16.4. The first kappa shape index (κ1) is 17.4. The van der Waals surface area contributed by atoms with Crippen LogP contribution < -0.4 is 10.6 Å². The van der Waals surface area contributed by atoms with Crippen molar-refractivity contribution in [2.45, 2.75) is 32.7 Å². The summed E-state index contributed by atoms with van der Waals surface area (Å²) in [7, 11) is -2.93. The van der Waals surface area contributed by atoms with E-state index in [1.165, 1.54) is 0 Å². The van der Waals surface area contributed by atoms with E-state index in [4.69, 9.17) is 0 Å². The second-order valence-electron chi connectivity index (χ2n) is 6.27. The van der Waals surface area contributed by atoms with Gasteiger partial charge in [0.15, 0.2) is 5.82 Å². The number of hydrogen-bond acceptors (Lipinski definition) is 5. The zero-order valence-corrected chi connectivity index (χ0v) is 15.0. The van der Waals surface area contributed by atoms with Crippen LogP contribution in [0.3, 0.4) is 0 Å². The summed E-state index contributed by atoms with van der Waals surface area (Å²) in [5.74, 6) is 0.919. The standard InChI is InChI=1S/C16H21N5O3S/c1-11-9-12(2)21(20-11)15-4-3-14(10-17-15)19-16(22)18-13-5-7-25(23,24)8-6-13/h3-4,9-10,13H,5-8H2,1-2H3,(H2,18,19,22). The highest BCUT2D eigenvalue weighted by Gasteiger charge is 2.24. The number of carbonyl (C=O) groups excluding carboxylic acids is 1. The molecule has 3 rings (SSSR count). The fraction of sp³-hybridized carbons (Fsp3) is 0.438. The van der Waals surface area contributed by atoms with Gasteiger partial charge >= 0.3 is 6.03 Å². The molecule has 9 heteroatoms. The molecule has 1 saturated heterocycles. The van der Waals surface area contributed by atoms with Crippen molar-refractivity contribution in [1.29, 1.82) is 0 Å². The predicted molar refractivity (Wildman–Crippen MR) is 94.7 cm³/mol. The maximum absolute atomic E-state index is 12.0. The van der Waals surface area contributed by atoms with E-state index in [9.17, 15) is 13.2 Å². The third kappa shape index (κ3) is 4.36. The Hall–Kier alpha value is -2.42. The zero-order chi connectivity index (χ0) is 18.0. The van der Waals surface area contributed by atoms with E-state index in [0.717, 1.165) is 11.4 Å². The molecule has 2 aromatic rings. The molecule has 0 atom stereocenters. The number of urea groups is 1. The molecule has 1 fully saturated rings. The molecule has 0 aromatic carbocycles. The first-order chi connectivity index (χ1) is 11.8. The topological polar surface area (TPSA) is 106 Å². The van der Waals surface area contributed by atoms with E-state index in [-0.39, 0.29) is 23.6 Å². The van der Waals surface area contributed by atoms with Crippen molar-refractivity contribution in [3.8, 4) is 5.82 Å². The van der Waals surface area contributed by atoms with Crippen LogP contribution in [0.1, 0.15) is 24.2 Å². The van der Waals surface area contributed by atoms with Crippen molar-refractivity contribution in [3.05, 3.63) is 35.8 Å². The summed E-state index contributed by atoms with van der Waals surface area (Å²) in [5, 5.41) is 9.89. The molecule has 25 heavy (non-hydrogen) atoms. The maximum atomic E-state index is 12.0. The van der Waals surface area contributed by atoms with E-state index in [2.05, 4.69) is 20.7 Å². The molecule has 0 aliphatic carbocycles. The van der Waals surface area contributed by atoms with Gasteiger partial charge in [-0.3, -0.25) is 0 Å². The zero-order valence-electron chi connectivity index (χ0n) is 14.2. The van der Waals surface area contributed by atoms with E-state index < -0.39 is 9.84 Å². The highest BCUT2D eigenvalue weighted by atomic mass is 32.2. The van der Waals surface area contributed by atoms with E-state index in [1.54, 1.807) is 23.0 Å². The van der Waals surface area contributed by atoms with Crippen LogP contribution in [0.5, 0.6) is 0 Å². The van der Waals surface area contributed by atoms with Crippen LogP contribution in [0.2, 0.25) is 0 Å². The van der Waals surface area contributed by atoms with Gasteiger partial charge < -0.3 is 10.6 Å². The summed E-state index contributed by atoms with van der Waals surface area (Å²) in [6.45, 7) is 3.87. The number of nitrogens with zero attached hydrogens (tertiary/aromatic N) is 3. The number of rotatable bonds is 3. The van der Waals surface area contributed by atoms with Crippen molar-refractivity contribution in [1.82, 2.24) is 20.1 Å². The molecular weight excluding hydrogens is 342 g/mol. The van der Waals surface area contributed by atoms with E-state index in [0.29, 0.717) is 24.3 Å². The summed E-state index contributed by atoms with van der Waals surface area (Å²) in [6, 6.07) is 5.02. The predicted octanol–water partition coefficient (Wildman–Crippen LogP) is 1.58. The Morgan fingerprint density at radius 1 is 1.24 bits per heavy atom. The van der Waals surface area contributed by atoms with Crippen LogP contribution in [-0.2, 0) is 9.84 Å². The van der Waals surface area contributed by atoms with Crippen molar-refractivity contribution in [3.63, 3.8) is 0 Å². The molecule has 0 spiro atoms. The summed E-state index contributed by atoms with van der Waals surface area (Å²) < 4.78 is 24.5. The Bertz CT molecular complexity index is 860. The molecule has 3 heterocycles. The van der Waals surface area contributed by atoms with Crippen molar-refractivity contribution in [2.75, 3.05) is 16.8 Å². The first-order valence-electron chi connectivity index (χ1n) is 8.10. The summed E-state index contributed by atoms with van der Waals surface area (Å²) >= 11 is 0. The van der Waals surface area contributed by atoms with Crippen LogP contribution in [-0.4, -0.2) is 46.8 Å². The molecule has 134 valence electrons. The third-order valence-electron chi connectivity index (χ3n) is 4.12. The number of carbonyl (C=O) groups is 1. The smallest absolute Gasteiger partial charge is 0.319 e. The Morgan fingerprint density at radius 3 is 2.52 bits per heavy atom. The van der Waals surface area contributed by atoms with Crippen LogP contribution in [0.4, 0.5) is 10.5 Å². The lowest BCUT2D eigenvalue weighted by Gasteiger charge is -2.23. The average molecular weight is 363 g/mol. The lowest BCUT2D eigenvalue weighted by Crippen LogP contribution is -2.42. The molecule has 2 amide bonds. The molecular formula is C16H21N5O3S. The molecule has 8 nitrogen and oxygen atoms in total. The molecule has 0 bridgehead atoms. The normalized spacial score (nSPS) is 17.2. The van der Waals surface area contributed by atoms with Crippen LogP contribution in [0.15, 0.2) is 24.4 Å². The number of nitrogens with one attached hydrogen (secondary N) is 2. The van der Waals surface area contributed by atoms with Gasteiger partial charge in [0.25, 0.3) is 0 Å². The number of amides is 2. The Kier molecular flexibility index (Phi) is 4.76. The number of aryl methyl sites for hydroxylation is 2. The van der Waals surface area contributed by atoms with Gasteiger partial charge in [0.05, 0.1) is 29.1 Å². The van der Waals surface area contributed by atoms with Crippen LogP contribution >= 0.6 is 0 Å². The first-order valence-corrected chi connectivity index (χ1v) is 9.92. The molecule has 1 aliphatic rings. The van der Waals surface area contributed by atoms with Crippen molar-refractivity contribution < 1.29 is 13.2 Å². The molecule has 2 aromatic heterocycles. The monoisotopic (exact) mass is 363 g/mol. The van der Waals surface area contributed by atoms with Gasteiger partial charge in [-0.1, -0.05) is 0 Å². The van der Waals surface area contributed by atoms with E-state index >= 15 is 0 Å². The highest BCUT2D eigenvalue weighted by molar-refractivity contribution is 7.91. The second-order valence-corrected chi connectivity index (χ2v) is 8.57. The molecule has 0 radical (unpaired) electrons. The van der Waals surface area contributed by atoms with Crippen LogP contribution in [0, 0.1) is 13.8 Å². The quantitative estimate of drug-likeness (QED) is 0.861. The fourth-order valence-electron chi connectivity index (χ4n) is 2.83. The molecule has 1 aliphatic heterocycles. The van der Waals surface area contributed by atoms with Gasteiger partial charge in [-0.2, -0.15) is 5.10 Å². The minimum Gasteiger partial charge on any atom is -0.335 e. The minimum absolute atomic E-state index is 0.120. The van der Waals surface area contributed by atoms with Gasteiger partial charge in [0, 0.05) is 11.7 Å². The van der Waals surface area contributed by atoms with Gasteiger partial charge in [-0.15, -0.1) is 0 Å². The van der Waals surface area contributed by atoms with Gasteiger partial charge in [-0.05, 0) is 44.9 Å². The Balaban J connectivity index is 1.58. The van der Waals surface area contributed by atoms with E-state index in [1.807, 2.05) is 19.9 Å². The Labute approximate surface area is 146 Å². The van der Waals surface area contributed by atoms with Gasteiger partial charge in [0.1, 0.15) is 9.84 Å². The average Bonchev–Trinajstić information content (AvgIpc) is 2.89. The van der Waals surface area contributed by atoms with Crippen molar-refractivity contribution >= 4 is 21.6 Å². The molecule has 0 saturated carbocycles. The largest absolute Gasteiger partial charge is 0.335 e. The summed E-state index contributed by atoms with van der Waals surface area (Å²) in [6.07, 6.45) is 2.46. The highest BCUT2D eigenvalue weighted by Crippen LogP contribution is 2.14. The SMILES string of the molecule is Cc1cc(C)n(-c2ccc(NC(=O)NC3CCS(=O)(=O)CC3)cn2)n1. The maximum Gasteiger partial charge on any atom is 0.319 e. The third-order valence-corrected chi connectivity index (χ3v) is 5.84. The second kappa shape index (κ2) is 6.83. The van der Waals surface area contributed by atoms with Crippen molar-refractivity contribution in [2.24, 2.45) is 0 Å². The molecule has 2 N–H and O–H groups in total.